The second-order valence-corrected chi connectivity index (χ2v) is 34.2. The smallest absolute Gasteiger partial charge is 0.303 e. The van der Waals surface area contributed by atoms with Crippen molar-refractivity contribution in [3.63, 3.8) is 0 Å². The van der Waals surface area contributed by atoms with E-state index in [1.165, 1.54) is 35.2 Å². The molecule has 2 aromatic heterocycles. The maximum atomic E-state index is 15.8. The number of aliphatic hydroxyl groups excluding tert-OH is 1. The van der Waals surface area contributed by atoms with Gasteiger partial charge in [-0.2, -0.15) is 0 Å². The summed E-state index contributed by atoms with van der Waals surface area (Å²) in [6, 6.07) is -1.46. The summed E-state index contributed by atoms with van der Waals surface area (Å²) in [6.45, 7) is 2.48. The van der Waals surface area contributed by atoms with E-state index in [0.29, 0.717) is 63.5 Å². The number of carbonyl (C=O) groups excluding carboxylic acids is 16. The van der Waals surface area contributed by atoms with E-state index in [1.807, 2.05) is 6.92 Å². The van der Waals surface area contributed by atoms with Crippen LogP contribution in [-0.2, 0) is 106 Å². The minimum absolute atomic E-state index is 0.0125. The number of unbranched alkanes of at least 4 members (excludes halogenated alkanes) is 2. The van der Waals surface area contributed by atoms with Crippen LogP contribution in [-0.4, -0.2) is 326 Å². The first-order valence-electron chi connectivity index (χ1n) is 44.2. The Kier molecular flexibility index (Phi) is 40.0. The van der Waals surface area contributed by atoms with Gasteiger partial charge in [0.1, 0.15) is 90.3 Å². The van der Waals surface area contributed by atoms with Crippen molar-refractivity contribution < 1.29 is 106 Å². The van der Waals surface area contributed by atoms with E-state index >= 15 is 33.6 Å². The molecule has 3 aromatic carbocycles. The Hall–Kier alpha value is -12.8. The summed E-state index contributed by atoms with van der Waals surface area (Å²) >= 11 is 0.743. The van der Waals surface area contributed by atoms with Crippen LogP contribution in [0, 0.1) is 0 Å². The number of fused-ring (bicyclic) bond motifs is 4. The summed E-state index contributed by atoms with van der Waals surface area (Å²) in [7, 11) is 5.33. The number of aliphatic hydroxyl groups is 1. The molecular weight excluding hydrogens is 1740 g/mol. The molecule has 0 spiro atoms. The van der Waals surface area contributed by atoms with E-state index in [1.54, 1.807) is 92.1 Å². The predicted octanol–water partition coefficient (Wildman–Crippen LogP) is -3.38. The number of aliphatic carboxylic acids is 2. The van der Waals surface area contributed by atoms with Crippen molar-refractivity contribution >= 4 is 140 Å². The van der Waals surface area contributed by atoms with Crippen LogP contribution in [0.1, 0.15) is 134 Å². The normalized spacial score (nSPS) is 25.0. The van der Waals surface area contributed by atoms with Crippen molar-refractivity contribution in [2.75, 3.05) is 79.0 Å². The third-order valence-corrected chi connectivity index (χ3v) is 24.8. The minimum atomic E-state index is -1.80. The molecule has 720 valence electrons. The van der Waals surface area contributed by atoms with Crippen LogP contribution in [0.4, 0.5) is 0 Å². The van der Waals surface area contributed by atoms with E-state index in [0.717, 1.165) is 36.3 Å². The van der Waals surface area contributed by atoms with Gasteiger partial charge in [0.25, 0.3) is 0 Å². The number of aromatic amines is 2. The molecule has 0 aliphatic carbocycles. The lowest BCUT2D eigenvalue weighted by Crippen LogP contribution is -2.61. The van der Waals surface area contributed by atoms with Gasteiger partial charge in [0.15, 0.2) is 0 Å². The van der Waals surface area contributed by atoms with E-state index in [4.69, 9.17) is 27.7 Å². The summed E-state index contributed by atoms with van der Waals surface area (Å²) < 4.78 is 5.33. The summed E-state index contributed by atoms with van der Waals surface area (Å²) in [5.41, 5.74) is 26.6. The number of ether oxygens (including phenoxy) is 1. The van der Waals surface area contributed by atoms with E-state index in [9.17, 15) is 68.1 Å². The molecule has 132 heavy (non-hydrogen) atoms. The number of nitrogens with two attached hydrogens (primary N) is 4. The van der Waals surface area contributed by atoms with Gasteiger partial charge in [-0.15, -0.1) is 11.8 Å². The highest BCUT2D eigenvalue weighted by Gasteiger charge is 2.47. The molecule has 5 heterocycles. The van der Waals surface area contributed by atoms with E-state index in [2.05, 4.69) is 63.1 Å². The van der Waals surface area contributed by atoms with Crippen LogP contribution >= 0.6 is 11.8 Å². The number of nitrogens with zero attached hydrogens (tertiary/aromatic N) is 5. The van der Waals surface area contributed by atoms with Crippen molar-refractivity contribution in [1.82, 2.24) is 87.6 Å². The van der Waals surface area contributed by atoms with Gasteiger partial charge >= 0.3 is 11.9 Å². The molecule has 5 aromatic rings. The van der Waals surface area contributed by atoms with Gasteiger partial charge in [-0.3, -0.25) is 86.3 Å². The van der Waals surface area contributed by atoms with Crippen LogP contribution in [0.25, 0.3) is 21.8 Å². The highest BCUT2D eigenvalue weighted by molar-refractivity contribution is 8.00. The second-order valence-electron chi connectivity index (χ2n) is 33.2. The Labute approximate surface area is 767 Å². The number of rotatable bonds is 27. The van der Waals surface area contributed by atoms with Crippen LogP contribution < -0.4 is 80.8 Å². The first-order valence-corrected chi connectivity index (χ1v) is 45.3. The predicted molar refractivity (Wildman–Crippen MR) is 483 cm³/mol. The van der Waals surface area contributed by atoms with Gasteiger partial charge in [0.05, 0.1) is 25.5 Å². The fourth-order valence-electron chi connectivity index (χ4n) is 16.2. The number of hydrogen-bond donors (Lipinski definition) is 19. The average molecular weight is 1860 g/mol. The Bertz CT molecular complexity index is 4940. The SMILES string of the molecule is CCCC[C@H]1C(=O)N(C)[C@@H](CCCC)C(=O)N[C@@H](CCC(=O)O)C(=O)N[C@H](C(=O)NCC(N)=O)CSCC(=O)N[C@@H](Cc2ccc(OC)cc2)C(=O)N(C)[C@@H](C)C(=O)N[C@H](CCN)C(=O)N2CCC[C@H]2C(=O)N[C@@H](CN)C(=O)N[C@@H](CCC(=O)O)C(=O)N2C[C@H](O)C[C@H]2C(=O)N[C@@H](Cc2c[nH]c3ccccc23)C(=O)N[C@@H](CCN)C(=O)N[C@@H](Cc2c[nH]c3ccccc23)C(=O)N1C. The van der Waals surface area contributed by atoms with Crippen molar-refractivity contribution in [2.45, 2.75) is 227 Å². The molecule has 0 radical (unpaired) electrons. The number of nitrogens with one attached hydrogen (secondary N) is 12. The molecule has 44 heteroatoms. The molecule has 3 aliphatic rings. The highest BCUT2D eigenvalue weighted by atomic mass is 32.2. The van der Waals surface area contributed by atoms with Crippen LogP contribution in [0.3, 0.4) is 0 Å². The highest BCUT2D eigenvalue weighted by Crippen LogP contribution is 2.28. The van der Waals surface area contributed by atoms with Crippen LogP contribution in [0.2, 0.25) is 0 Å². The second kappa shape index (κ2) is 50.6. The quantitative estimate of drug-likeness (QED) is 0.0244. The van der Waals surface area contributed by atoms with Gasteiger partial charge < -0.3 is 131 Å². The Morgan fingerprint density at radius 1 is 0.508 bits per heavy atom. The molecular formula is C88H125N21O22S. The molecule has 43 nitrogen and oxygen atoms in total. The van der Waals surface area contributed by atoms with Gasteiger partial charge in [-0.05, 0) is 112 Å². The van der Waals surface area contributed by atoms with Crippen molar-refractivity contribution in [3.05, 3.63) is 102 Å². The number of primary amides is 1. The Morgan fingerprint density at radius 3 is 1.58 bits per heavy atom. The number of methoxy groups -OCH3 is 1. The zero-order valence-electron chi connectivity index (χ0n) is 75.2. The fourth-order valence-corrected chi connectivity index (χ4v) is 17.0. The molecule has 0 saturated carbocycles. The van der Waals surface area contributed by atoms with Gasteiger partial charge in [0.2, 0.25) is 94.5 Å². The van der Waals surface area contributed by atoms with Crippen molar-refractivity contribution in [2.24, 2.45) is 22.9 Å². The number of carboxylic acid groups (broad SMARTS) is 2. The van der Waals surface area contributed by atoms with Gasteiger partial charge in [-0.25, -0.2) is 0 Å². The summed E-state index contributed by atoms with van der Waals surface area (Å²) in [4.78, 5) is 272. The van der Waals surface area contributed by atoms with Gasteiger partial charge in [-0.1, -0.05) is 88.1 Å². The van der Waals surface area contributed by atoms with Gasteiger partial charge in [0, 0.05) is 119 Å². The molecule has 16 amide bonds. The maximum absolute atomic E-state index is 15.8. The zero-order chi connectivity index (χ0) is 96.7. The number of aromatic nitrogens is 2. The number of benzene rings is 3. The largest absolute Gasteiger partial charge is 0.497 e. The minimum Gasteiger partial charge on any atom is -0.497 e. The lowest BCUT2D eigenvalue weighted by atomic mass is 9.99. The monoisotopic (exact) mass is 1860 g/mol. The molecule has 3 saturated heterocycles. The molecule has 0 unspecified atom stereocenters. The summed E-state index contributed by atoms with van der Waals surface area (Å²) in [5, 5.41) is 58.6. The number of hydrogen-bond acceptors (Lipinski definition) is 24. The summed E-state index contributed by atoms with van der Waals surface area (Å²) in [5.74, 6) is -18.7. The zero-order valence-corrected chi connectivity index (χ0v) is 76.0. The fraction of sp³-hybridized carbons (Fsp3) is 0.545. The first-order chi connectivity index (χ1) is 62.9. The number of likely N-dealkylation sites (N-methyl/N-ethyl adjacent to an activating group) is 3. The first kappa shape index (κ1) is 105. The average Bonchev–Trinajstić information content (AvgIpc) is 1.55. The molecule has 8 rings (SSSR count). The summed E-state index contributed by atoms with van der Waals surface area (Å²) in [6.07, 6.45) is -1.03. The molecule has 23 N–H and O–H groups in total. The molecule has 0 bridgehead atoms. The van der Waals surface area contributed by atoms with Crippen LogP contribution in [0.5, 0.6) is 5.75 Å². The molecule has 3 fully saturated rings. The van der Waals surface area contributed by atoms with Crippen molar-refractivity contribution in [3.8, 4) is 5.75 Å². The molecule has 15 atom stereocenters. The third kappa shape index (κ3) is 28.8. The maximum Gasteiger partial charge on any atom is 0.303 e. The Morgan fingerprint density at radius 2 is 0.985 bits per heavy atom. The number of carboxylic acids is 2. The number of para-hydroxylation sites is 2. The number of H-pyrrole nitrogens is 2. The number of carbonyl (C=O) groups is 18. The topological polar surface area (TPSA) is 649 Å². The van der Waals surface area contributed by atoms with Crippen molar-refractivity contribution in [1.29, 1.82) is 0 Å². The number of thioether (sulfide) groups is 1. The van der Waals surface area contributed by atoms with E-state index in [-0.39, 0.29) is 83.8 Å². The lowest BCUT2D eigenvalue weighted by Gasteiger charge is -2.36. The third-order valence-electron chi connectivity index (χ3n) is 23.7. The Balaban J connectivity index is 1.19. The molecule has 3 aliphatic heterocycles. The standard InChI is InChI=1S/C88H125N21O22S/c1-8-10-21-67-81(123)98-58(28-30-73(113)114)77(119)104-66(76(118)95-44-71(92)111)46-132-47-72(112)96-63(37-49-24-26-53(131-7)27-25-49)84(126)105(4)48(3)75(117)99-61(33-35-90)86(128)108-36-16-23-68(108)82(124)103-65(41-91)80(122)100-60(29-31-74(115)116)87(129)109-45-52(110)40-70(109)83(125)101-62(38-50-42-93-56-19-14-12-17-54(50)56)79(121)97-59(32-34-89)78(120)102-64(39-51-43-94-57-20-15-13-18-55(51)57)85(127)107(6)69(22-11-9-2)88(130)106(67)5/h12-15,17-20,24-27,42-43,48,52,58-70,93-94,110H,8-11,16,21-23,28-41,44-47,89-91H2,1-7H3,(H2,92,111)(H,95,118)(H,96,112)(H,97,121)(H,98,123)(H,99,117)(H,100,122)(H,101,125)(H,102,120)(H,103,124)(H,104,119)(H,113,114)(H,115,116)/t48-,52+,58-,59-,60-,61+,62-,63-,64-,65-,66-,67-,68-,69-,70-/m0/s1. The van der Waals surface area contributed by atoms with E-state index < -0.39 is 260 Å². The number of amides is 16. The van der Waals surface area contributed by atoms with Crippen LogP contribution in [0.15, 0.2) is 85.2 Å². The lowest BCUT2D eigenvalue weighted by molar-refractivity contribution is -0.149.